The van der Waals surface area contributed by atoms with Crippen LogP contribution in [0.25, 0.3) is 0 Å². The Labute approximate surface area is 154 Å². The molecule has 0 spiro atoms. The lowest BCUT2D eigenvalue weighted by molar-refractivity contribution is -0.161. The van der Waals surface area contributed by atoms with Crippen molar-refractivity contribution in [1.82, 2.24) is 9.80 Å². The summed E-state index contributed by atoms with van der Waals surface area (Å²) in [6, 6.07) is -0.823. The first-order valence-electron chi connectivity index (χ1n) is 8.47. The molecule has 5 N–H and O–H groups in total. The molecule has 0 aromatic heterocycles. The van der Waals surface area contributed by atoms with Crippen molar-refractivity contribution in [2.45, 2.75) is 44.4 Å². The van der Waals surface area contributed by atoms with Gasteiger partial charge in [-0.15, -0.1) is 11.8 Å². The van der Waals surface area contributed by atoms with E-state index >= 15 is 0 Å². The summed E-state index contributed by atoms with van der Waals surface area (Å²) in [5.41, 5.74) is 5.32. The van der Waals surface area contributed by atoms with E-state index in [0.717, 1.165) is 6.42 Å². The first-order chi connectivity index (χ1) is 12.2. The fourth-order valence-corrected chi connectivity index (χ4v) is 5.07. The number of carbonyl (C=O) groups is 3. The maximum Gasteiger partial charge on any atom is 0.353 e. The predicted octanol–water partition coefficient (Wildman–Crippen LogP) is -0.446. The van der Waals surface area contributed by atoms with E-state index in [4.69, 9.17) is 11.1 Å². The molecule has 3 heterocycles. The van der Waals surface area contributed by atoms with Gasteiger partial charge in [-0.25, -0.2) is 4.79 Å². The molecule has 0 aromatic carbocycles. The standard InChI is InChI=1S/C16H22N4O5S/c1-7(21)12-9-5-10(13(16(24)25)20(9)15(12)23)26-6-11(17)19-4-2-3-8(19)14(18)22/h7-9,12,17,21H,2-6H2,1H3,(H2,18,22)(H,24,25)/t7-,8+,9-,12-/m1/s1. The van der Waals surface area contributed by atoms with Crippen LogP contribution in [0, 0.1) is 11.3 Å². The van der Waals surface area contributed by atoms with Gasteiger partial charge in [0.05, 0.1) is 23.8 Å². The van der Waals surface area contributed by atoms with E-state index < -0.39 is 29.9 Å². The number of amides is 2. The Morgan fingerprint density at radius 3 is 2.73 bits per heavy atom. The molecule has 2 fully saturated rings. The van der Waals surface area contributed by atoms with Crippen molar-refractivity contribution in [3.8, 4) is 0 Å². The number of primary amides is 1. The molecular weight excluding hydrogens is 360 g/mol. The minimum absolute atomic E-state index is 0.0532. The van der Waals surface area contributed by atoms with Crippen LogP contribution in [0.3, 0.4) is 0 Å². The SMILES string of the molecule is C[C@@H](O)[C@H]1C(=O)N2C(C(=O)O)=C(SCC(=N)N3CCC[C@H]3C(N)=O)C[C@H]12. The number of thioether (sulfide) groups is 1. The minimum Gasteiger partial charge on any atom is -0.477 e. The van der Waals surface area contributed by atoms with Crippen LogP contribution in [-0.4, -0.2) is 74.1 Å². The molecule has 2 saturated heterocycles. The largest absolute Gasteiger partial charge is 0.477 e. The topological polar surface area (TPSA) is 148 Å². The summed E-state index contributed by atoms with van der Waals surface area (Å²) in [4.78, 5) is 38.7. The Morgan fingerprint density at radius 2 is 2.15 bits per heavy atom. The Morgan fingerprint density at radius 1 is 1.46 bits per heavy atom. The highest BCUT2D eigenvalue weighted by Crippen LogP contribution is 2.47. The summed E-state index contributed by atoms with van der Waals surface area (Å²) in [7, 11) is 0. The summed E-state index contributed by atoms with van der Waals surface area (Å²) < 4.78 is 0. The zero-order valence-electron chi connectivity index (χ0n) is 14.3. The number of carbonyl (C=O) groups excluding carboxylic acids is 2. The van der Waals surface area contributed by atoms with Gasteiger partial charge in [0.25, 0.3) is 0 Å². The molecule has 0 radical (unpaired) electrons. The Balaban J connectivity index is 1.69. The van der Waals surface area contributed by atoms with Gasteiger partial charge >= 0.3 is 5.97 Å². The van der Waals surface area contributed by atoms with Crippen LogP contribution in [0.4, 0.5) is 0 Å². The summed E-state index contributed by atoms with van der Waals surface area (Å²) in [5, 5.41) is 27.4. The molecule has 4 atom stereocenters. The Hall–Kier alpha value is -2.07. The van der Waals surface area contributed by atoms with Crippen molar-refractivity contribution in [3.63, 3.8) is 0 Å². The molecule has 0 aliphatic carbocycles. The van der Waals surface area contributed by atoms with Crippen molar-refractivity contribution in [2.24, 2.45) is 11.7 Å². The summed E-state index contributed by atoms with van der Waals surface area (Å²) >= 11 is 1.20. The number of carboxylic acids is 1. The minimum atomic E-state index is -1.19. The highest BCUT2D eigenvalue weighted by Gasteiger charge is 2.56. The van der Waals surface area contributed by atoms with Gasteiger partial charge in [-0.05, 0) is 19.8 Å². The van der Waals surface area contributed by atoms with E-state index in [2.05, 4.69) is 0 Å². The number of carboxylic acid groups (broad SMARTS) is 1. The number of nitrogens with zero attached hydrogens (tertiary/aromatic N) is 2. The fraction of sp³-hybridized carbons (Fsp3) is 0.625. The average Bonchev–Trinajstić information content (AvgIpc) is 3.15. The van der Waals surface area contributed by atoms with Crippen molar-refractivity contribution in [1.29, 1.82) is 5.41 Å². The zero-order valence-corrected chi connectivity index (χ0v) is 15.2. The monoisotopic (exact) mass is 382 g/mol. The molecule has 0 aromatic rings. The predicted molar refractivity (Wildman–Crippen MR) is 94.2 cm³/mol. The Kier molecular flexibility index (Phi) is 4.98. The van der Waals surface area contributed by atoms with Gasteiger partial charge in [0.2, 0.25) is 11.8 Å². The molecule has 142 valence electrons. The summed E-state index contributed by atoms with van der Waals surface area (Å²) in [6.45, 7) is 2.10. The highest BCUT2D eigenvalue weighted by molar-refractivity contribution is 8.03. The number of aliphatic hydroxyl groups excluding tert-OH is 1. The van der Waals surface area contributed by atoms with Crippen LogP contribution >= 0.6 is 11.8 Å². The number of amidine groups is 1. The van der Waals surface area contributed by atoms with E-state index in [-0.39, 0.29) is 29.2 Å². The van der Waals surface area contributed by atoms with E-state index in [9.17, 15) is 24.6 Å². The second kappa shape index (κ2) is 6.92. The first kappa shape index (κ1) is 18.7. The summed E-state index contributed by atoms with van der Waals surface area (Å²) in [6.07, 6.45) is 0.929. The molecule has 0 saturated carbocycles. The van der Waals surface area contributed by atoms with Gasteiger partial charge < -0.3 is 25.7 Å². The fourth-order valence-electron chi connectivity index (χ4n) is 3.98. The van der Waals surface area contributed by atoms with Gasteiger partial charge in [-0.1, -0.05) is 0 Å². The molecule has 9 nitrogen and oxygen atoms in total. The molecule has 0 unspecified atom stereocenters. The molecule has 3 aliphatic heterocycles. The number of β-lactam (4-membered cyclic amide) rings is 1. The van der Waals surface area contributed by atoms with E-state index in [1.165, 1.54) is 23.6 Å². The second-order valence-corrected chi connectivity index (χ2v) is 7.88. The van der Waals surface area contributed by atoms with Gasteiger partial charge in [0, 0.05) is 17.9 Å². The third-order valence-corrected chi connectivity index (χ3v) is 6.33. The number of nitrogens with two attached hydrogens (primary N) is 1. The highest BCUT2D eigenvalue weighted by atomic mass is 32.2. The van der Waals surface area contributed by atoms with Gasteiger partial charge in [-0.2, -0.15) is 0 Å². The third kappa shape index (κ3) is 2.96. The quantitative estimate of drug-likeness (QED) is 0.276. The van der Waals surface area contributed by atoms with Crippen molar-refractivity contribution >= 4 is 35.4 Å². The second-order valence-electron chi connectivity index (χ2n) is 6.81. The van der Waals surface area contributed by atoms with Crippen LogP contribution in [0.1, 0.15) is 26.2 Å². The number of hydrogen-bond acceptors (Lipinski definition) is 6. The molecule has 0 bridgehead atoms. The zero-order chi connectivity index (χ0) is 19.2. The van der Waals surface area contributed by atoms with Crippen molar-refractivity contribution in [3.05, 3.63) is 10.6 Å². The smallest absolute Gasteiger partial charge is 0.353 e. The van der Waals surface area contributed by atoms with Crippen LogP contribution in [0.15, 0.2) is 10.6 Å². The lowest BCUT2D eigenvalue weighted by Gasteiger charge is -2.44. The van der Waals surface area contributed by atoms with Crippen LogP contribution < -0.4 is 5.73 Å². The molecule has 3 rings (SSSR count). The van der Waals surface area contributed by atoms with Crippen molar-refractivity contribution < 1.29 is 24.6 Å². The summed E-state index contributed by atoms with van der Waals surface area (Å²) in [5.74, 6) is -2.18. The van der Waals surface area contributed by atoms with E-state index in [1.54, 1.807) is 4.90 Å². The number of fused-ring (bicyclic) bond motifs is 1. The van der Waals surface area contributed by atoms with Crippen LogP contribution in [-0.2, 0) is 14.4 Å². The number of likely N-dealkylation sites (tertiary alicyclic amines) is 1. The maximum atomic E-state index is 12.2. The van der Waals surface area contributed by atoms with Crippen LogP contribution in [0.5, 0.6) is 0 Å². The average molecular weight is 382 g/mol. The van der Waals surface area contributed by atoms with Gasteiger partial charge in [0.1, 0.15) is 17.6 Å². The normalized spacial score (nSPS) is 28.8. The van der Waals surface area contributed by atoms with E-state index in [0.29, 0.717) is 24.3 Å². The number of nitrogens with one attached hydrogen (secondary N) is 1. The molecule has 3 aliphatic rings. The molecule has 10 heteroatoms. The first-order valence-corrected chi connectivity index (χ1v) is 9.46. The molecular formula is C16H22N4O5S. The lowest BCUT2D eigenvalue weighted by Crippen LogP contribution is -2.61. The van der Waals surface area contributed by atoms with Crippen LogP contribution in [0.2, 0.25) is 0 Å². The van der Waals surface area contributed by atoms with Crippen molar-refractivity contribution in [2.75, 3.05) is 12.3 Å². The Bertz CT molecular complexity index is 707. The third-order valence-electron chi connectivity index (χ3n) is 5.20. The number of aliphatic carboxylic acids is 1. The number of rotatable bonds is 6. The molecule has 26 heavy (non-hydrogen) atoms. The van der Waals surface area contributed by atoms with E-state index in [1.807, 2.05) is 0 Å². The molecule has 2 amide bonds. The van der Waals surface area contributed by atoms with Gasteiger partial charge in [-0.3, -0.25) is 15.0 Å². The van der Waals surface area contributed by atoms with Gasteiger partial charge in [0.15, 0.2) is 0 Å². The number of aliphatic hydroxyl groups is 1. The maximum absolute atomic E-state index is 12.2. The lowest BCUT2D eigenvalue weighted by atomic mass is 9.83. The number of hydrogen-bond donors (Lipinski definition) is 4.